The molecular weight excluding hydrogens is 278 g/mol. The molecule has 20 heavy (non-hydrogen) atoms. The predicted molar refractivity (Wildman–Crippen MR) is 79.8 cm³/mol. The van der Waals surface area contributed by atoms with Crippen LogP contribution in [0.25, 0.3) is 10.8 Å². The van der Waals surface area contributed by atoms with Crippen molar-refractivity contribution in [2.75, 3.05) is 0 Å². The van der Waals surface area contributed by atoms with Crippen molar-refractivity contribution in [3.8, 4) is 0 Å². The van der Waals surface area contributed by atoms with E-state index in [0.717, 1.165) is 5.39 Å². The minimum absolute atomic E-state index is 0. The first-order chi connectivity index (χ1) is 9.04. The van der Waals surface area contributed by atoms with Gasteiger partial charge in [0, 0.05) is 5.39 Å². The second-order valence-corrected chi connectivity index (χ2v) is 5.10. The third kappa shape index (κ3) is 3.74. The van der Waals surface area contributed by atoms with Crippen molar-refractivity contribution < 1.29 is 17.8 Å². The molecule has 2 aromatic rings. The normalized spacial score (nSPS) is 10.1. The number of allylic oxidation sites excluding steroid dienone is 1. The molecule has 0 saturated carbocycles. The quantitative estimate of drug-likeness (QED) is 0.669. The highest BCUT2D eigenvalue weighted by Gasteiger charge is 2.18. The van der Waals surface area contributed by atoms with E-state index < -0.39 is 10.1 Å². The molecule has 0 saturated heterocycles. The van der Waals surface area contributed by atoms with E-state index in [4.69, 9.17) is 4.79 Å². The van der Waals surface area contributed by atoms with Crippen LogP contribution in [0.2, 0.25) is 0 Å². The fourth-order valence-corrected chi connectivity index (χ4v) is 2.86. The van der Waals surface area contributed by atoms with Gasteiger partial charge in [-0.3, -0.25) is 4.55 Å². The Balaban J connectivity index is 0.00000115. The zero-order valence-electron chi connectivity index (χ0n) is 11.0. The summed E-state index contributed by atoms with van der Waals surface area (Å²) in [6, 6.07) is 10.6. The molecule has 0 unspecified atom stereocenters. The minimum atomic E-state index is -4.23. The Morgan fingerprint density at radius 1 is 1.10 bits per heavy atom. The first-order valence-corrected chi connectivity index (χ1v) is 6.86. The lowest BCUT2D eigenvalue weighted by molar-refractivity contribution is -0.0979. The van der Waals surface area contributed by atoms with Gasteiger partial charge in [0.15, 0.2) is 0 Å². The van der Waals surface area contributed by atoms with Gasteiger partial charge in [-0.05, 0) is 17.4 Å². The van der Waals surface area contributed by atoms with E-state index in [2.05, 4.69) is 6.58 Å². The van der Waals surface area contributed by atoms with Gasteiger partial charge in [0.25, 0.3) is 10.1 Å². The molecule has 0 aromatic heterocycles. The SMILES string of the molecule is C=CCc1ccc2ccccc2c1S(=O)(=O)O.C=O.N. The Kier molecular flexibility index (Phi) is 6.78. The molecule has 0 fully saturated rings. The van der Waals surface area contributed by atoms with E-state index >= 15 is 0 Å². The third-order valence-electron chi connectivity index (χ3n) is 2.58. The van der Waals surface area contributed by atoms with Gasteiger partial charge < -0.3 is 10.9 Å². The second-order valence-electron chi connectivity index (χ2n) is 3.74. The molecule has 2 aromatic carbocycles. The van der Waals surface area contributed by atoms with E-state index in [1.54, 1.807) is 24.3 Å². The maximum atomic E-state index is 11.5. The van der Waals surface area contributed by atoms with E-state index in [1.807, 2.05) is 25.0 Å². The minimum Gasteiger partial charge on any atom is -0.344 e. The van der Waals surface area contributed by atoms with E-state index in [0.29, 0.717) is 17.4 Å². The number of rotatable bonds is 3. The van der Waals surface area contributed by atoms with Crippen LogP contribution >= 0.6 is 0 Å². The van der Waals surface area contributed by atoms with Gasteiger partial charge in [0.2, 0.25) is 0 Å². The molecular formula is C14H17NO4S. The van der Waals surface area contributed by atoms with Gasteiger partial charge in [0.1, 0.15) is 11.7 Å². The summed E-state index contributed by atoms with van der Waals surface area (Å²) in [5.74, 6) is 0. The fourth-order valence-electron chi connectivity index (χ4n) is 1.91. The van der Waals surface area contributed by atoms with Crippen molar-refractivity contribution in [2.24, 2.45) is 0 Å². The first-order valence-electron chi connectivity index (χ1n) is 5.42. The molecule has 108 valence electrons. The topological polar surface area (TPSA) is 106 Å². The van der Waals surface area contributed by atoms with Gasteiger partial charge >= 0.3 is 0 Å². The summed E-state index contributed by atoms with van der Waals surface area (Å²) in [6.07, 6.45) is 2.01. The van der Waals surface area contributed by atoms with E-state index in [-0.39, 0.29) is 11.0 Å². The molecule has 2 rings (SSSR count). The second kappa shape index (κ2) is 7.54. The van der Waals surface area contributed by atoms with Crippen LogP contribution in [-0.2, 0) is 21.3 Å². The summed E-state index contributed by atoms with van der Waals surface area (Å²) >= 11 is 0. The van der Waals surface area contributed by atoms with Crippen molar-refractivity contribution in [2.45, 2.75) is 11.3 Å². The third-order valence-corrected chi connectivity index (χ3v) is 3.58. The van der Waals surface area contributed by atoms with Gasteiger partial charge in [-0.1, -0.05) is 42.5 Å². The monoisotopic (exact) mass is 295 g/mol. The molecule has 5 nitrogen and oxygen atoms in total. The zero-order chi connectivity index (χ0) is 14.5. The summed E-state index contributed by atoms with van der Waals surface area (Å²) in [6.45, 7) is 5.58. The summed E-state index contributed by atoms with van der Waals surface area (Å²) in [4.78, 5) is 7.98. The largest absolute Gasteiger partial charge is 0.344 e. The Labute approximate surface area is 118 Å². The number of carbonyl (C=O) groups excluding carboxylic acids is 1. The highest BCUT2D eigenvalue weighted by molar-refractivity contribution is 7.86. The lowest BCUT2D eigenvalue weighted by Crippen LogP contribution is -2.03. The number of fused-ring (bicyclic) bond motifs is 1. The van der Waals surface area contributed by atoms with Crippen molar-refractivity contribution in [3.63, 3.8) is 0 Å². The van der Waals surface area contributed by atoms with Gasteiger partial charge in [-0.15, -0.1) is 6.58 Å². The highest BCUT2D eigenvalue weighted by atomic mass is 32.2. The summed E-state index contributed by atoms with van der Waals surface area (Å²) in [5, 5.41) is 1.32. The van der Waals surface area contributed by atoms with Gasteiger partial charge in [-0.2, -0.15) is 8.42 Å². The molecule has 0 aliphatic carbocycles. The van der Waals surface area contributed by atoms with Crippen LogP contribution in [0.15, 0.2) is 53.9 Å². The van der Waals surface area contributed by atoms with Crippen molar-refractivity contribution in [1.82, 2.24) is 6.15 Å². The number of carbonyl (C=O) groups is 1. The molecule has 0 spiro atoms. The van der Waals surface area contributed by atoms with E-state index in [1.165, 1.54) is 0 Å². The predicted octanol–water partition coefficient (Wildman–Crippen LogP) is 2.79. The van der Waals surface area contributed by atoms with Crippen LogP contribution in [0.5, 0.6) is 0 Å². The summed E-state index contributed by atoms with van der Waals surface area (Å²) < 4.78 is 32.3. The fraction of sp³-hybridized carbons (Fsp3) is 0.0714. The standard InChI is InChI=1S/C13H12O3S.CH2O.H3N/c1-2-5-11-9-8-10-6-3-4-7-12(10)13(11)17(14,15)16;1-2;/h2-4,6-9H,1,5H2,(H,14,15,16);1H2;1H3. The molecule has 0 bridgehead atoms. The van der Waals surface area contributed by atoms with Crippen LogP contribution < -0.4 is 6.15 Å². The van der Waals surface area contributed by atoms with Crippen LogP contribution in [0.4, 0.5) is 0 Å². The number of benzene rings is 2. The Morgan fingerprint density at radius 2 is 1.70 bits per heavy atom. The Morgan fingerprint density at radius 3 is 2.25 bits per heavy atom. The average Bonchev–Trinajstić information content (AvgIpc) is 2.39. The van der Waals surface area contributed by atoms with Crippen LogP contribution in [0.3, 0.4) is 0 Å². The molecule has 0 heterocycles. The van der Waals surface area contributed by atoms with Crippen molar-refractivity contribution in [1.29, 1.82) is 0 Å². The maximum absolute atomic E-state index is 11.5. The Bertz CT molecular complexity index is 695. The number of hydrogen-bond acceptors (Lipinski definition) is 4. The van der Waals surface area contributed by atoms with Crippen LogP contribution in [0, 0.1) is 0 Å². The molecule has 0 radical (unpaired) electrons. The lowest BCUT2D eigenvalue weighted by Gasteiger charge is -2.09. The number of hydrogen-bond donors (Lipinski definition) is 2. The molecule has 4 N–H and O–H groups in total. The molecule has 0 aliphatic rings. The lowest BCUT2D eigenvalue weighted by atomic mass is 10.0. The highest BCUT2D eigenvalue weighted by Crippen LogP contribution is 2.27. The average molecular weight is 295 g/mol. The molecule has 0 aliphatic heterocycles. The summed E-state index contributed by atoms with van der Waals surface area (Å²) in [5.41, 5.74) is 0.557. The van der Waals surface area contributed by atoms with Gasteiger partial charge in [0.05, 0.1) is 0 Å². The molecule has 0 amide bonds. The Hall–Kier alpha value is -2.02. The maximum Gasteiger partial charge on any atom is 0.295 e. The van der Waals surface area contributed by atoms with E-state index in [9.17, 15) is 13.0 Å². The van der Waals surface area contributed by atoms with Crippen molar-refractivity contribution in [3.05, 3.63) is 54.6 Å². The summed E-state index contributed by atoms with van der Waals surface area (Å²) in [7, 11) is -4.23. The molecule has 6 heteroatoms. The molecule has 0 atom stereocenters. The van der Waals surface area contributed by atoms with Crippen LogP contribution in [0.1, 0.15) is 5.56 Å². The smallest absolute Gasteiger partial charge is 0.295 e. The van der Waals surface area contributed by atoms with Gasteiger partial charge in [-0.25, -0.2) is 0 Å². The van der Waals surface area contributed by atoms with Crippen molar-refractivity contribution >= 4 is 27.7 Å². The first kappa shape index (κ1) is 18.0. The van der Waals surface area contributed by atoms with Crippen LogP contribution in [-0.4, -0.2) is 19.8 Å². The zero-order valence-corrected chi connectivity index (χ0v) is 11.8.